The predicted octanol–water partition coefficient (Wildman–Crippen LogP) is 4.48. The molecular weight excluding hydrogens is 489 g/mol. The highest BCUT2D eigenvalue weighted by molar-refractivity contribution is 6.33. The van der Waals surface area contributed by atoms with Crippen LogP contribution in [0.25, 0.3) is 11.1 Å². The van der Waals surface area contributed by atoms with Crippen molar-refractivity contribution >= 4 is 29.5 Å². The minimum absolute atomic E-state index is 0.00575. The molecule has 0 radical (unpaired) electrons. The van der Waals surface area contributed by atoms with Crippen LogP contribution in [0.3, 0.4) is 0 Å². The van der Waals surface area contributed by atoms with E-state index in [0.717, 1.165) is 12.3 Å². The van der Waals surface area contributed by atoms with Gasteiger partial charge in [0.1, 0.15) is 23.4 Å². The van der Waals surface area contributed by atoms with Crippen LogP contribution in [0, 0.1) is 0 Å². The Bertz CT molecular complexity index is 1230. The zero-order valence-corrected chi connectivity index (χ0v) is 19.2. The zero-order valence-electron chi connectivity index (χ0n) is 18.5. The summed E-state index contributed by atoms with van der Waals surface area (Å²) in [5.74, 6) is 0.238. The van der Waals surface area contributed by atoms with Crippen molar-refractivity contribution in [3.05, 3.63) is 59.3 Å². The first-order chi connectivity index (χ1) is 16.5. The Morgan fingerprint density at radius 2 is 1.94 bits per heavy atom. The first-order valence-electron chi connectivity index (χ1n) is 10.5. The van der Waals surface area contributed by atoms with Crippen molar-refractivity contribution in [1.29, 1.82) is 0 Å². The maximum absolute atomic E-state index is 12.9. The number of alkyl halides is 3. The van der Waals surface area contributed by atoms with Gasteiger partial charge in [-0.15, -0.1) is 0 Å². The highest BCUT2D eigenvalue weighted by atomic mass is 35.5. The van der Waals surface area contributed by atoms with Crippen LogP contribution in [0.15, 0.2) is 42.9 Å². The number of hydrogen-bond acceptors (Lipinski definition) is 8. The van der Waals surface area contributed by atoms with E-state index < -0.39 is 36.2 Å². The van der Waals surface area contributed by atoms with Gasteiger partial charge in [0, 0.05) is 18.0 Å². The summed E-state index contributed by atoms with van der Waals surface area (Å²) < 4.78 is 43.9. The molecular formula is C22H20ClF3N6O3. The lowest BCUT2D eigenvalue weighted by molar-refractivity contribution is -0.141. The van der Waals surface area contributed by atoms with Crippen molar-refractivity contribution < 1.29 is 27.8 Å². The lowest BCUT2D eigenvalue weighted by Gasteiger charge is -2.24. The van der Waals surface area contributed by atoms with E-state index in [1.54, 1.807) is 19.1 Å². The maximum Gasteiger partial charge on any atom is 0.433 e. The number of nitrogens with one attached hydrogen (secondary N) is 1. The molecule has 4 rings (SSSR count). The number of aliphatic hydroxyl groups excluding tert-OH is 1. The standard InChI is InChI=1S/C22H20ClF3N6O3/c1-11(16-4-3-14(8-28-16)13-5-6-27-18(7-13)22(24,25)26)30-20-29-9-15(23)19(31-20)32-17(12(2)33)10-35-21(32)34/h3-9,11-12,17,33H,10H2,1-2H3,(H,29,30,31)/t11-,12+,17+/m0/s1. The lowest BCUT2D eigenvalue weighted by atomic mass is 10.1. The molecule has 3 aromatic rings. The van der Waals surface area contributed by atoms with E-state index in [1.165, 1.54) is 30.3 Å². The number of ether oxygens (including phenoxy) is 1. The summed E-state index contributed by atoms with van der Waals surface area (Å²) in [5, 5.41) is 13.1. The van der Waals surface area contributed by atoms with Crippen molar-refractivity contribution in [2.45, 2.75) is 38.2 Å². The van der Waals surface area contributed by atoms with Crippen molar-refractivity contribution in [2.75, 3.05) is 16.8 Å². The van der Waals surface area contributed by atoms with Crippen LogP contribution < -0.4 is 10.2 Å². The van der Waals surface area contributed by atoms with Gasteiger partial charge in [0.05, 0.1) is 24.0 Å². The summed E-state index contributed by atoms with van der Waals surface area (Å²) in [5.41, 5.74) is 0.421. The Labute approximate surface area is 203 Å². The summed E-state index contributed by atoms with van der Waals surface area (Å²) in [6.45, 7) is 3.31. The summed E-state index contributed by atoms with van der Waals surface area (Å²) in [7, 11) is 0. The van der Waals surface area contributed by atoms with Gasteiger partial charge in [-0.2, -0.15) is 18.2 Å². The smallest absolute Gasteiger partial charge is 0.433 e. The highest BCUT2D eigenvalue weighted by Crippen LogP contribution is 2.32. The summed E-state index contributed by atoms with van der Waals surface area (Å²) in [6.07, 6.45) is -2.22. The van der Waals surface area contributed by atoms with Gasteiger partial charge in [0.2, 0.25) is 5.95 Å². The summed E-state index contributed by atoms with van der Waals surface area (Å²) in [4.78, 5) is 29.5. The van der Waals surface area contributed by atoms with Crippen LogP contribution in [0.1, 0.15) is 31.3 Å². The van der Waals surface area contributed by atoms with Gasteiger partial charge in [-0.25, -0.2) is 9.78 Å². The Morgan fingerprint density at radius 1 is 1.17 bits per heavy atom. The Kier molecular flexibility index (Phi) is 6.77. The van der Waals surface area contributed by atoms with Gasteiger partial charge in [0.25, 0.3) is 0 Å². The number of nitrogens with zero attached hydrogens (tertiary/aromatic N) is 5. The van der Waals surface area contributed by atoms with Crippen molar-refractivity contribution in [2.24, 2.45) is 0 Å². The first-order valence-corrected chi connectivity index (χ1v) is 10.8. The number of rotatable bonds is 6. The second-order valence-corrected chi connectivity index (χ2v) is 8.29. The largest absolute Gasteiger partial charge is 0.447 e. The molecule has 0 aliphatic carbocycles. The predicted molar refractivity (Wildman–Crippen MR) is 121 cm³/mol. The Morgan fingerprint density at radius 3 is 2.60 bits per heavy atom. The fourth-order valence-electron chi connectivity index (χ4n) is 3.50. The topological polar surface area (TPSA) is 113 Å². The van der Waals surface area contributed by atoms with Crippen LogP contribution in [-0.2, 0) is 10.9 Å². The number of amides is 1. The van der Waals surface area contributed by atoms with E-state index in [4.69, 9.17) is 16.3 Å². The number of anilines is 2. The second-order valence-electron chi connectivity index (χ2n) is 7.89. The molecule has 0 unspecified atom stereocenters. The molecule has 3 aromatic heterocycles. The number of carbonyl (C=O) groups is 1. The molecule has 1 saturated heterocycles. The van der Waals surface area contributed by atoms with Gasteiger partial charge in [0.15, 0.2) is 5.82 Å². The summed E-state index contributed by atoms with van der Waals surface area (Å²) >= 11 is 6.21. The van der Waals surface area contributed by atoms with E-state index in [2.05, 4.69) is 25.3 Å². The number of hydrogen-bond donors (Lipinski definition) is 2. The van der Waals surface area contributed by atoms with Crippen LogP contribution in [0.2, 0.25) is 5.02 Å². The number of aromatic nitrogens is 4. The van der Waals surface area contributed by atoms with Crippen LogP contribution in [0.4, 0.5) is 29.7 Å². The van der Waals surface area contributed by atoms with Gasteiger partial charge >= 0.3 is 12.3 Å². The molecule has 184 valence electrons. The molecule has 0 saturated carbocycles. The molecule has 0 spiro atoms. The Balaban J connectivity index is 1.52. The molecule has 2 N–H and O–H groups in total. The van der Waals surface area contributed by atoms with E-state index in [1.807, 2.05) is 0 Å². The van der Waals surface area contributed by atoms with Crippen LogP contribution >= 0.6 is 11.6 Å². The van der Waals surface area contributed by atoms with Crippen LogP contribution in [-0.4, -0.2) is 49.9 Å². The maximum atomic E-state index is 12.9. The van der Waals surface area contributed by atoms with Crippen molar-refractivity contribution in [3.8, 4) is 11.1 Å². The van der Waals surface area contributed by atoms with Crippen molar-refractivity contribution in [1.82, 2.24) is 19.9 Å². The molecule has 1 fully saturated rings. The molecule has 35 heavy (non-hydrogen) atoms. The van der Waals surface area contributed by atoms with Gasteiger partial charge in [-0.05, 0) is 37.6 Å². The number of carbonyl (C=O) groups excluding carboxylic acids is 1. The minimum Gasteiger partial charge on any atom is -0.447 e. The number of halogens is 4. The Hall–Kier alpha value is -3.51. The third kappa shape index (κ3) is 5.28. The van der Waals surface area contributed by atoms with Gasteiger partial charge < -0.3 is 15.2 Å². The number of pyridine rings is 2. The van der Waals surface area contributed by atoms with E-state index in [-0.39, 0.29) is 23.4 Å². The molecule has 0 bridgehead atoms. The molecule has 0 aromatic carbocycles. The first kappa shape index (κ1) is 24.6. The van der Waals surface area contributed by atoms with Gasteiger partial charge in [-0.3, -0.25) is 14.9 Å². The number of cyclic esters (lactones) is 1. The SMILES string of the molecule is C[C@H](Nc1ncc(Cl)c(N2C(=O)OC[C@@H]2[C@@H](C)O)n1)c1ccc(-c2ccnc(C(F)(F)F)c2)cn1. The van der Waals surface area contributed by atoms with E-state index in [0.29, 0.717) is 16.8 Å². The number of aliphatic hydroxyl groups is 1. The molecule has 9 nitrogen and oxygen atoms in total. The highest BCUT2D eigenvalue weighted by Gasteiger charge is 2.39. The molecule has 1 aliphatic rings. The third-order valence-corrected chi connectivity index (χ3v) is 5.64. The second kappa shape index (κ2) is 9.62. The van der Waals surface area contributed by atoms with E-state index >= 15 is 0 Å². The lowest BCUT2D eigenvalue weighted by Crippen LogP contribution is -2.41. The van der Waals surface area contributed by atoms with Crippen LogP contribution in [0.5, 0.6) is 0 Å². The fraction of sp³-hybridized carbons (Fsp3) is 0.318. The average molecular weight is 509 g/mol. The molecule has 13 heteroatoms. The fourth-order valence-corrected chi connectivity index (χ4v) is 3.68. The van der Waals surface area contributed by atoms with E-state index in [9.17, 15) is 23.1 Å². The normalized spacial score (nSPS) is 17.7. The minimum atomic E-state index is -4.54. The monoisotopic (exact) mass is 508 g/mol. The molecule has 3 atom stereocenters. The summed E-state index contributed by atoms with van der Waals surface area (Å²) in [6, 6.07) is 4.70. The average Bonchev–Trinajstić information content (AvgIpc) is 3.21. The third-order valence-electron chi connectivity index (χ3n) is 5.38. The van der Waals surface area contributed by atoms with Crippen molar-refractivity contribution in [3.63, 3.8) is 0 Å². The van der Waals surface area contributed by atoms with Gasteiger partial charge in [-0.1, -0.05) is 17.7 Å². The molecule has 1 aliphatic heterocycles. The molecule has 1 amide bonds. The molecule has 4 heterocycles. The zero-order chi connectivity index (χ0) is 25.3. The quantitative estimate of drug-likeness (QED) is 0.501.